The summed E-state index contributed by atoms with van der Waals surface area (Å²) < 4.78 is 0. The molecule has 15 heavy (non-hydrogen) atoms. The van der Waals surface area contributed by atoms with Gasteiger partial charge < -0.3 is 15.7 Å². The fraction of sp³-hybridized carbons (Fsp3) is 0.600. The highest BCUT2D eigenvalue weighted by atomic mass is 16.3. The molecule has 0 spiro atoms. The smallest absolute Gasteiger partial charge is 0.146 e. The minimum Gasteiger partial charge on any atom is -0.393 e. The second-order valence-corrected chi connectivity index (χ2v) is 3.32. The first-order valence-electron chi connectivity index (χ1n) is 5.18. The van der Waals surface area contributed by atoms with Crippen LogP contribution in [0, 0.1) is 0 Å². The van der Waals surface area contributed by atoms with E-state index >= 15 is 0 Å². The molecule has 0 bridgehead atoms. The third kappa shape index (κ3) is 4.12. The number of aliphatic hydroxyl groups is 1. The molecule has 5 heteroatoms. The molecule has 1 aromatic heterocycles. The summed E-state index contributed by atoms with van der Waals surface area (Å²) in [6.07, 6.45) is 4.59. The SMILES string of the molecule is CCC(O)CCNc1cncc(NC)n1. The number of nitrogens with zero attached hydrogens (tertiary/aromatic N) is 2. The number of nitrogens with one attached hydrogen (secondary N) is 2. The molecule has 0 saturated carbocycles. The van der Waals surface area contributed by atoms with Crippen molar-refractivity contribution in [3.05, 3.63) is 12.4 Å². The summed E-state index contributed by atoms with van der Waals surface area (Å²) in [5.41, 5.74) is 0. The van der Waals surface area contributed by atoms with Crippen molar-refractivity contribution in [2.45, 2.75) is 25.9 Å². The van der Waals surface area contributed by atoms with Crippen LogP contribution in [0.2, 0.25) is 0 Å². The third-order valence-electron chi connectivity index (χ3n) is 2.15. The Morgan fingerprint density at radius 2 is 2.13 bits per heavy atom. The van der Waals surface area contributed by atoms with Gasteiger partial charge in [0, 0.05) is 13.6 Å². The standard InChI is InChI=1S/C10H18N4O/c1-3-8(15)4-5-13-10-7-12-6-9(11-2)14-10/h6-8,15H,3-5H2,1-2H3,(H2,11,13,14). The van der Waals surface area contributed by atoms with Gasteiger partial charge in [-0.05, 0) is 12.8 Å². The predicted molar refractivity (Wildman–Crippen MR) is 61.0 cm³/mol. The molecule has 1 heterocycles. The van der Waals surface area contributed by atoms with E-state index < -0.39 is 0 Å². The number of anilines is 2. The predicted octanol–water partition coefficient (Wildman–Crippen LogP) is 1.09. The Bertz CT molecular complexity index is 293. The molecule has 0 saturated heterocycles. The maximum atomic E-state index is 9.35. The Kier molecular flexibility index (Phi) is 4.83. The Hall–Kier alpha value is -1.36. The summed E-state index contributed by atoms with van der Waals surface area (Å²) in [5, 5.41) is 15.4. The van der Waals surface area contributed by atoms with E-state index in [2.05, 4.69) is 20.6 Å². The topological polar surface area (TPSA) is 70.1 Å². The van der Waals surface area contributed by atoms with E-state index in [1.165, 1.54) is 0 Å². The Balaban J connectivity index is 2.37. The van der Waals surface area contributed by atoms with E-state index in [9.17, 15) is 5.11 Å². The molecular weight excluding hydrogens is 192 g/mol. The maximum Gasteiger partial charge on any atom is 0.146 e. The molecule has 1 atom stereocenters. The molecule has 1 unspecified atom stereocenters. The fourth-order valence-electron chi connectivity index (χ4n) is 1.14. The maximum absolute atomic E-state index is 9.35. The summed E-state index contributed by atoms with van der Waals surface area (Å²) in [6, 6.07) is 0. The zero-order chi connectivity index (χ0) is 11.1. The van der Waals surface area contributed by atoms with E-state index in [4.69, 9.17) is 0 Å². The van der Waals surface area contributed by atoms with Crippen LogP contribution in [0.3, 0.4) is 0 Å². The van der Waals surface area contributed by atoms with Crippen LogP contribution in [0.15, 0.2) is 12.4 Å². The van der Waals surface area contributed by atoms with E-state index in [1.54, 1.807) is 19.4 Å². The van der Waals surface area contributed by atoms with Gasteiger partial charge in [0.15, 0.2) is 0 Å². The highest BCUT2D eigenvalue weighted by Crippen LogP contribution is 2.06. The Morgan fingerprint density at radius 1 is 1.40 bits per heavy atom. The van der Waals surface area contributed by atoms with Gasteiger partial charge >= 0.3 is 0 Å². The lowest BCUT2D eigenvalue weighted by molar-refractivity contribution is 0.164. The molecule has 0 radical (unpaired) electrons. The summed E-state index contributed by atoms with van der Waals surface area (Å²) in [5.74, 6) is 1.46. The molecule has 1 rings (SSSR count). The van der Waals surface area contributed by atoms with Crippen LogP contribution in [0.25, 0.3) is 0 Å². The zero-order valence-corrected chi connectivity index (χ0v) is 9.20. The average molecular weight is 210 g/mol. The number of rotatable bonds is 6. The minimum atomic E-state index is -0.238. The first kappa shape index (κ1) is 11.7. The molecule has 0 aromatic carbocycles. The van der Waals surface area contributed by atoms with Gasteiger partial charge in [-0.2, -0.15) is 0 Å². The summed E-state index contributed by atoms with van der Waals surface area (Å²) in [7, 11) is 1.80. The van der Waals surface area contributed by atoms with Gasteiger partial charge in [-0.1, -0.05) is 6.92 Å². The van der Waals surface area contributed by atoms with Gasteiger partial charge in [0.2, 0.25) is 0 Å². The second kappa shape index (κ2) is 6.19. The van der Waals surface area contributed by atoms with Gasteiger partial charge in [0.25, 0.3) is 0 Å². The summed E-state index contributed by atoms with van der Waals surface area (Å²) in [6.45, 7) is 2.67. The molecule has 1 aromatic rings. The van der Waals surface area contributed by atoms with E-state index in [0.717, 1.165) is 24.5 Å². The van der Waals surface area contributed by atoms with E-state index in [0.29, 0.717) is 6.54 Å². The van der Waals surface area contributed by atoms with Crippen molar-refractivity contribution in [3.63, 3.8) is 0 Å². The van der Waals surface area contributed by atoms with E-state index in [1.807, 2.05) is 6.92 Å². The normalized spacial score (nSPS) is 12.2. The third-order valence-corrected chi connectivity index (χ3v) is 2.15. The highest BCUT2D eigenvalue weighted by molar-refractivity contribution is 5.40. The molecule has 5 nitrogen and oxygen atoms in total. The van der Waals surface area contributed by atoms with Crippen LogP contribution in [0.1, 0.15) is 19.8 Å². The molecule has 3 N–H and O–H groups in total. The van der Waals surface area contributed by atoms with Crippen molar-refractivity contribution < 1.29 is 5.11 Å². The van der Waals surface area contributed by atoms with Crippen molar-refractivity contribution in [1.29, 1.82) is 0 Å². The monoisotopic (exact) mass is 210 g/mol. The molecule has 0 aliphatic heterocycles. The van der Waals surface area contributed by atoms with Crippen LogP contribution in [-0.2, 0) is 0 Å². The summed E-state index contributed by atoms with van der Waals surface area (Å²) in [4.78, 5) is 8.27. The number of aliphatic hydroxyl groups excluding tert-OH is 1. The first-order valence-corrected chi connectivity index (χ1v) is 5.18. The lowest BCUT2D eigenvalue weighted by atomic mass is 10.2. The second-order valence-electron chi connectivity index (χ2n) is 3.32. The van der Waals surface area contributed by atoms with Gasteiger partial charge in [0.05, 0.1) is 18.5 Å². The van der Waals surface area contributed by atoms with Crippen molar-refractivity contribution in [1.82, 2.24) is 9.97 Å². The van der Waals surface area contributed by atoms with Crippen LogP contribution < -0.4 is 10.6 Å². The quantitative estimate of drug-likeness (QED) is 0.655. The Labute approximate surface area is 90.0 Å². The van der Waals surface area contributed by atoms with Crippen molar-refractivity contribution in [2.75, 3.05) is 24.2 Å². The lowest BCUT2D eigenvalue weighted by Gasteiger charge is -2.09. The van der Waals surface area contributed by atoms with Crippen molar-refractivity contribution >= 4 is 11.6 Å². The average Bonchev–Trinajstić information content (AvgIpc) is 2.29. The Morgan fingerprint density at radius 3 is 2.80 bits per heavy atom. The van der Waals surface area contributed by atoms with Gasteiger partial charge in [-0.3, -0.25) is 4.98 Å². The largest absolute Gasteiger partial charge is 0.393 e. The highest BCUT2D eigenvalue weighted by Gasteiger charge is 2.00. The number of hydrogen-bond donors (Lipinski definition) is 3. The van der Waals surface area contributed by atoms with Crippen LogP contribution in [0.5, 0.6) is 0 Å². The number of hydrogen-bond acceptors (Lipinski definition) is 5. The van der Waals surface area contributed by atoms with Gasteiger partial charge in [0.1, 0.15) is 11.6 Å². The minimum absolute atomic E-state index is 0.238. The fourth-order valence-corrected chi connectivity index (χ4v) is 1.14. The van der Waals surface area contributed by atoms with Crippen molar-refractivity contribution in [2.24, 2.45) is 0 Å². The molecule has 84 valence electrons. The number of aromatic nitrogens is 2. The molecule has 0 fully saturated rings. The van der Waals surface area contributed by atoms with Crippen LogP contribution >= 0.6 is 0 Å². The first-order chi connectivity index (χ1) is 7.26. The van der Waals surface area contributed by atoms with Crippen LogP contribution in [-0.4, -0.2) is 34.8 Å². The van der Waals surface area contributed by atoms with Gasteiger partial charge in [-0.25, -0.2) is 4.98 Å². The lowest BCUT2D eigenvalue weighted by Crippen LogP contribution is -2.13. The molecular formula is C10H18N4O. The zero-order valence-electron chi connectivity index (χ0n) is 9.20. The van der Waals surface area contributed by atoms with E-state index in [-0.39, 0.29) is 6.10 Å². The molecule has 0 amide bonds. The molecule has 0 aliphatic carbocycles. The summed E-state index contributed by atoms with van der Waals surface area (Å²) >= 11 is 0. The van der Waals surface area contributed by atoms with Crippen LogP contribution in [0.4, 0.5) is 11.6 Å². The van der Waals surface area contributed by atoms with Crippen molar-refractivity contribution in [3.8, 4) is 0 Å². The van der Waals surface area contributed by atoms with Gasteiger partial charge in [-0.15, -0.1) is 0 Å². The molecule has 0 aliphatic rings.